The highest BCUT2D eigenvalue weighted by molar-refractivity contribution is 6.22. The molecule has 1 saturated heterocycles. The highest BCUT2D eigenvalue weighted by atomic mass is 16.5. The number of hydrogen-bond acceptors (Lipinski definition) is 6. The van der Waals surface area contributed by atoms with Crippen molar-refractivity contribution in [2.75, 3.05) is 20.2 Å². The molecular formula is C28H28N2O6. The minimum Gasteiger partial charge on any atom is -0.497 e. The summed E-state index contributed by atoms with van der Waals surface area (Å²) in [5.74, 6) is 0.270. The Morgan fingerprint density at radius 1 is 0.972 bits per heavy atom. The zero-order valence-electron chi connectivity index (χ0n) is 20.2. The van der Waals surface area contributed by atoms with Crippen molar-refractivity contribution in [3.63, 3.8) is 0 Å². The van der Waals surface area contributed by atoms with Crippen molar-refractivity contribution in [3.05, 3.63) is 58.7 Å². The molecule has 1 spiro atoms. The van der Waals surface area contributed by atoms with Crippen LogP contribution in [0.4, 0.5) is 0 Å². The van der Waals surface area contributed by atoms with Crippen LogP contribution >= 0.6 is 0 Å². The van der Waals surface area contributed by atoms with Crippen LogP contribution < -0.4 is 9.47 Å². The minimum absolute atomic E-state index is 0.0334. The van der Waals surface area contributed by atoms with Crippen LogP contribution in [-0.4, -0.2) is 65.1 Å². The van der Waals surface area contributed by atoms with Gasteiger partial charge < -0.3 is 14.4 Å². The largest absolute Gasteiger partial charge is 0.497 e. The topological polar surface area (TPSA) is 93.2 Å². The first-order valence-corrected chi connectivity index (χ1v) is 12.6. The van der Waals surface area contributed by atoms with E-state index in [0.717, 1.165) is 32.1 Å². The Labute approximate surface area is 209 Å². The Morgan fingerprint density at radius 2 is 1.75 bits per heavy atom. The number of benzene rings is 2. The van der Waals surface area contributed by atoms with E-state index in [1.807, 2.05) is 0 Å². The molecule has 1 atom stereocenters. The molecule has 3 aliphatic heterocycles. The van der Waals surface area contributed by atoms with E-state index in [2.05, 4.69) is 0 Å². The number of imide groups is 1. The lowest BCUT2D eigenvalue weighted by Crippen LogP contribution is -2.45. The standard InChI is InChI=1S/C28H28N2O6/c1-35-19-8-10-24-22(14-19)23(31)15-28(36-24)11-12-29(16-28)25(32)17-7-9-20-21(13-17)27(34)30(26(20)33)18-5-3-2-4-6-18/h7-10,13-14,18H,2-6,11-12,15-16H2,1H3. The lowest BCUT2D eigenvalue weighted by molar-refractivity contribution is 0.0427. The molecule has 1 saturated carbocycles. The van der Waals surface area contributed by atoms with Crippen LogP contribution in [0, 0.1) is 0 Å². The molecular weight excluding hydrogens is 460 g/mol. The fraction of sp³-hybridized carbons (Fsp3) is 0.429. The lowest BCUT2D eigenvalue weighted by atomic mass is 9.89. The van der Waals surface area contributed by atoms with Crippen molar-refractivity contribution < 1.29 is 28.7 Å². The van der Waals surface area contributed by atoms with E-state index in [-0.39, 0.29) is 42.5 Å². The highest BCUT2D eigenvalue weighted by Gasteiger charge is 2.47. The van der Waals surface area contributed by atoms with Crippen molar-refractivity contribution in [1.29, 1.82) is 0 Å². The van der Waals surface area contributed by atoms with E-state index in [1.165, 1.54) is 4.90 Å². The Kier molecular flexibility index (Phi) is 5.35. The zero-order chi connectivity index (χ0) is 25.0. The van der Waals surface area contributed by atoms with Gasteiger partial charge in [-0.15, -0.1) is 0 Å². The summed E-state index contributed by atoms with van der Waals surface area (Å²) in [7, 11) is 1.55. The number of ether oxygens (including phenoxy) is 2. The number of amides is 3. The molecule has 8 heteroatoms. The average molecular weight is 489 g/mol. The molecule has 8 nitrogen and oxygen atoms in total. The lowest BCUT2D eigenvalue weighted by Gasteiger charge is -2.34. The summed E-state index contributed by atoms with van der Waals surface area (Å²) in [4.78, 5) is 55.5. The van der Waals surface area contributed by atoms with Gasteiger partial charge in [-0.2, -0.15) is 0 Å². The van der Waals surface area contributed by atoms with Gasteiger partial charge in [-0.05, 0) is 49.2 Å². The predicted molar refractivity (Wildman–Crippen MR) is 130 cm³/mol. The molecule has 3 heterocycles. The Balaban J connectivity index is 1.20. The first kappa shape index (κ1) is 22.8. The SMILES string of the molecule is COc1ccc2c(c1)C(=O)CC1(CCN(C(=O)c3ccc4c(c3)C(=O)N(C3CCCCC3)C4=O)C1)O2. The molecule has 36 heavy (non-hydrogen) atoms. The first-order chi connectivity index (χ1) is 17.4. The molecule has 0 radical (unpaired) electrons. The summed E-state index contributed by atoms with van der Waals surface area (Å²) >= 11 is 0. The molecule has 2 aromatic rings. The Morgan fingerprint density at radius 3 is 2.53 bits per heavy atom. The van der Waals surface area contributed by atoms with Crippen LogP contribution in [0.1, 0.15) is 86.4 Å². The van der Waals surface area contributed by atoms with Crippen molar-refractivity contribution in [2.45, 2.75) is 56.6 Å². The highest BCUT2D eigenvalue weighted by Crippen LogP contribution is 2.40. The van der Waals surface area contributed by atoms with Crippen LogP contribution in [0.2, 0.25) is 0 Å². The van der Waals surface area contributed by atoms with Gasteiger partial charge >= 0.3 is 0 Å². The smallest absolute Gasteiger partial charge is 0.261 e. The van der Waals surface area contributed by atoms with E-state index in [9.17, 15) is 19.2 Å². The normalized spacial score (nSPS) is 23.6. The van der Waals surface area contributed by atoms with Gasteiger partial charge in [-0.1, -0.05) is 19.3 Å². The molecule has 0 N–H and O–H groups in total. The molecule has 6 rings (SSSR count). The molecule has 2 aromatic carbocycles. The van der Waals surface area contributed by atoms with E-state index in [0.29, 0.717) is 46.7 Å². The molecule has 1 aliphatic carbocycles. The number of carbonyl (C=O) groups excluding carboxylic acids is 4. The number of carbonyl (C=O) groups is 4. The summed E-state index contributed by atoms with van der Waals surface area (Å²) < 4.78 is 11.5. The van der Waals surface area contributed by atoms with Gasteiger partial charge in [0.05, 0.1) is 36.8 Å². The molecule has 0 aromatic heterocycles. The summed E-state index contributed by atoms with van der Waals surface area (Å²) in [6.45, 7) is 0.719. The van der Waals surface area contributed by atoms with Crippen molar-refractivity contribution in [2.24, 2.45) is 0 Å². The van der Waals surface area contributed by atoms with Gasteiger partial charge in [0, 0.05) is 24.6 Å². The number of Topliss-reactive ketones (excluding diaryl/α,β-unsaturated/α-hetero) is 1. The number of nitrogens with zero attached hydrogens (tertiary/aromatic N) is 2. The van der Waals surface area contributed by atoms with Crippen LogP contribution in [0.3, 0.4) is 0 Å². The van der Waals surface area contributed by atoms with Crippen LogP contribution in [-0.2, 0) is 0 Å². The third-order valence-corrected chi connectivity index (χ3v) is 8.00. The predicted octanol–water partition coefficient (Wildman–Crippen LogP) is 3.87. The van der Waals surface area contributed by atoms with Gasteiger partial charge in [0.15, 0.2) is 5.78 Å². The molecule has 1 unspecified atom stereocenters. The second kappa shape index (κ2) is 8.47. The van der Waals surface area contributed by atoms with Crippen molar-refractivity contribution in [1.82, 2.24) is 9.80 Å². The molecule has 2 fully saturated rings. The van der Waals surface area contributed by atoms with Gasteiger partial charge in [-0.3, -0.25) is 24.1 Å². The monoisotopic (exact) mass is 488 g/mol. The van der Waals surface area contributed by atoms with Gasteiger partial charge in [-0.25, -0.2) is 0 Å². The Bertz CT molecular complexity index is 1300. The van der Waals surface area contributed by atoms with Gasteiger partial charge in [0.2, 0.25) is 0 Å². The quantitative estimate of drug-likeness (QED) is 0.609. The number of methoxy groups -OCH3 is 1. The third kappa shape index (κ3) is 3.58. The zero-order valence-corrected chi connectivity index (χ0v) is 20.2. The van der Waals surface area contributed by atoms with Crippen LogP contribution in [0.5, 0.6) is 11.5 Å². The molecule has 3 amide bonds. The maximum absolute atomic E-state index is 13.4. The van der Waals surface area contributed by atoms with Crippen molar-refractivity contribution in [3.8, 4) is 11.5 Å². The second-order valence-electron chi connectivity index (χ2n) is 10.3. The molecule has 0 bridgehead atoms. The fourth-order valence-corrected chi connectivity index (χ4v) is 6.09. The van der Waals surface area contributed by atoms with E-state index in [1.54, 1.807) is 48.4 Å². The minimum atomic E-state index is -0.769. The summed E-state index contributed by atoms with van der Waals surface area (Å²) in [6, 6.07) is 9.88. The van der Waals surface area contributed by atoms with Gasteiger partial charge in [0.25, 0.3) is 17.7 Å². The summed E-state index contributed by atoms with van der Waals surface area (Å²) in [6.07, 6.45) is 5.55. The number of rotatable bonds is 3. The van der Waals surface area contributed by atoms with E-state index < -0.39 is 5.60 Å². The number of likely N-dealkylation sites (tertiary alicyclic amines) is 1. The maximum Gasteiger partial charge on any atom is 0.261 e. The number of fused-ring (bicyclic) bond motifs is 2. The van der Waals surface area contributed by atoms with Crippen LogP contribution in [0.15, 0.2) is 36.4 Å². The van der Waals surface area contributed by atoms with E-state index in [4.69, 9.17) is 9.47 Å². The third-order valence-electron chi connectivity index (χ3n) is 8.00. The maximum atomic E-state index is 13.4. The first-order valence-electron chi connectivity index (χ1n) is 12.6. The summed E-state index contributed by atoms with van der Waals surface area (Å²) in [5.41, 5.74) is 0.763. The average Bonchev–Trinajstić information content (AvgIpc) is 3.41. The molecule has 186 valence electrons. The van der Waals surface area contributed by atoms with E-state index >= 15 is 0 Å². The Hall–Kier alpha value is -3.68. The second-order valence-corrected chi connectivity index (χ2v) is 10.3. The fourth-order valence-electron chi connectivity index (χ4n) is 6.09. The summed E-state index contributed by atoms with van der Waals surface area (Å²) in [5, 5.41) is 0. The number of ketones is 1. The van der Waals surface area contributed by atoms with Crippen molar-refractivity contribution >= 4 is 23.5 Å². The molecule has 4 aliphatic rings. The van der Waals surface area contributed by atoms with Gasteiger partial charge in [0.1, 0.15) is 17.1 Å². The number of hydrogen-bond donors (Lipinski definition) is 0. The van der Waals surface area contributed by atoms with Crippen LogP contribution in [0.25, 0.3) is 0 Å².